The van der Waals surface area contributed by atoms with Crippen molar-refractivity contribution in [3.05, 3.63) is 22.7 Å². The molecule has 1 aliphatic rings. The minimum Gasteiger partial charge on any atom is -0.492 e. The van der Waals surface area contributed by atoms with Crippen molar-refractivity contribution in [2.75, 3.05) is 39.8 Å². The zero-order valence-corrected chi connectivity index (χ0v) is 14.8. The molecule has 1 aromatic carbocycles. The second kappa shape index (κ2) is 7.09. The summed E-state index contributed by atoms with van der Waals surface area (Å²) in [5.74, 6) is 0.422. The molecule has 21 heavy (non-hydrogen) atoms. The van der Waals surface area contributed by atoms with E-state index in [1.807, 2.05) is 6.92 Å². The molecular weight excluding hydrogens is 356 g/mol. The first-order valence-corrected chi connectivity index (χ1v) is 9.42. The first kappa shape index (κ1) is 16.7. The molecule has 1 unspecified atom stereocenters. The summed E-state index contributed by atoms with van der Waals surface area (Å²) in [5.41, 5.74) is 0. The Morgan fingerprint density at radius 1 is 1.33 bits per heavy atom. The molecule has 7 heteroatoms. The first-order chi connectivity index (χ1) is 9.95. The lowest BCUT2D eigenvalue weighted by Gasteiger charge is -2.21. The van der Waals surface area contributed by atoms with Crippen LogP contribution in [0.1, 0.15) is 13.3 Å². The highest BCUT2D eigenvalue weighted by Gasteiger charge is 2.30. The summed E-state index contributed by atoms with van der Waals surface area (Å²) in [6.07, 6.45) is 0.878. The number of likely N-dealkylation sites (N-methyl/N-ethyl adjacent to an activating group) is 1. The lowest BCUT2D eigenvalue weighted by molar-refractivity contribution is -0.877. The fourth-order valence-electron chi connectivity index (χ4n) is 2.45. The molecule has 1 fully saturated rings. The van der Waals surface area contributed by atoms with E-state index in [0.29, 0.717) is 25.4 Å². The van der Waals surface area contributed by atoms with Crippen LogP contribution in [0.3, 0.4) is 0 Å². The van der Waals surface area contributed by atoms with Crippen molar-refractivity contribution in [1.29, 1.82) is 0 Å². The molecule has 1 aromatic rings. The number of ether oxygens (including phenoxy) is 1. The molecule has 0 amide bonds. The third kappa shape index (κ3) is 3.97. The van der Waals surface area contributed by atoms with Gasteiger partial charge in [0.2, 0.25) is 10.0 Å². The average molecular weight is 378 g/mol. The lowest BCUT2D eigenvalue weighted by Crippen LogP contribution is -3.09. The summed E-state index contributed by atoms with van der Waals surface area (Å²) >= 11 is 3.35. The zero-order chi connectivity index (χ0) is 15.5. The number of halogens is 1. The molecule has 0 aromatic heterocycles. The summed E-state index contributed by atoms with van der Waals surface area (Å²) in [5, 5.41) is 0. The summed E-state index contributed by atoms with van der Waals surface area (Å²) in [7, 11) is -1.42. The first-order valence-electron chi connectivity index (χ1n) is 7.19. The molecule has 1 atom stereocenters. The highest BCUT2D eigenvalue weighted by molar-refractivity contribution is 9.10. The van der Waals surface area contributed by atoms with Gasteiger partial charge in [0, 0.05) is 17.4 Å². The van der Waals surface area contributed by atoms with Crippen LogP contribution in [0, 0.1) is 0 Å². The van der Waals surface area contributed by atoms with Crippen LogP contribution in [-0.2, 0) is 10.0 Å². The number of hydrogen-bond donors (Lipinski definition) is 1. The highest BCUT2D eigenvalue weighted by atomic mass is 79.9. The second-order valence-corrected chi connectivity index (χ2v) is 8.06. The van der Waals surface area contributed by atoms with Crippen molar-refractivity contribution in [2.24, 2.45) is 0 Å². The minimum atomic E-state index is -3.52. The van der Waals surface area contributed by atoms with Crippen LogP contribution in [0.5, 0.6) is 5.75 Å². The van der Waals surface area contributed by atoms with Crippen molar-refractivity contribution in [2.45, 2.75) is 18.2 Å². The smallest absolute Gasteiger partial charge is 0.247 e. The largest absolute Gasteiger partial charge is 0.492 e. The van der Waals surface area contributed by atoms with Gasteiger partial charge < -0.3 is 9.64 Å². The summed E-state index contributed by atoms with van der Waals surface area (Å²) in [6.45, 7) is 5.24. The van der Waals surface area contributed by atoms with E-state index in [1.165, 1.54) is 4.90 Å². The Hall–Kier alpha value is -0.630. The predicted molar refractivity (Wildman–Crippen MR) is 85.3 cm³/mol. The van der Waals surface area contributed by atoms with E-state index < -0.39 is 10.0 Å². The third-order valence-electron chi connectivity index (χ3n) is 3.62. The molecular formula is C14H22BrN2O3S+. The van der Waals surface area contributed by atoms with E-state index >= 15 is 0 Å². The fraction of sp³-hybridized carbons (Fsp3) is 0.571. The van der Waals surface area contributed by atoms with Gasteiger partial charge >= 0.3 is 0 Å². The van der Waals surface area contributed by atoms with Crippen LogP contribution >= 0.6 is 15.9 Å². The fourth-order valence-corrected chi connectivity index (χ4v) is 4.60. The lowest BCUT2D eigenvalue weighted by atomic mass is 10.3. The van der Waals surface area contributed by atoms with Gasteiger partial charge in [0.15, 0.2) is 0 Å². The Morgan fingerprint density at radius 3 is 2.81 bits per heavy atom. The predicted octanol–water partition coefficient (Wildman–Crippen LogP) is 0.757. The van der Waals surface area contributed by atoms with Crippen molar-refractivity contribution in [3.63, 3.8) is 0 Å². The zero-order valence-electron chi connectivity index (χ0n) is 12.4. The monoisotopic (exact) mass is 377 g/mol. The van der Waals surface area contributed by atoms with E-state index in [1.54, 1.807) is 22.5 Å². The average Bonchev–Trinajstić information content (AvgIpc) is 2.66. The molecule has 2 rings (SSSR count). The highest BCUT2D eigenvalue weighted by Crippen LogP contribution is 2.30. The van der Waals surface area contributed by atoms with Crippen LogP contribution in [0.2, 0.25) is 0 Å². The van der Waals surface area contributed by atoms with Crippen LogP contribution in [0.15, 0.2) is 27.6 Å². The molecule has 1 saturated heterocycles. The molecule has 0 bridgehead atoms. The van der Waals surface area contributed by atoms with Crippen LogP contribution < -0.4 is 9.64 Å². The van der Waals surface area contributed by atoms with Crippen molar-refractivity contribution in [1.82, 2.24) is 4.31 Å². The minimum absolute atomic E-state index is 0.248. The molecule has 0 radical (unpaired) electrons. The van der Waals surface area contributed by atoms with Crippen molar-refractivity contribution < 1.29 is 18.1 Å². The van der Waals surface area contributed by atoms with Crippen molar-refractivity contribution in [3.8, 4) is 5.75 Å². The Bertz CT molecular complexity index is 592. The standard InChI is InChI=1S/C14H21BrN2O3S/c1-3-20-13-6-5-12(15)11-14(13)21(18,19)17-8-4-7-16(2)9-10-17/h5-6,11H,3-4,7-10H2,1-2H3/p+1. The quantitative estimate of drug-likeness (QED) is 0.842. The van der Waals surface area contributed by atoms with Gasteiger partial charge in [-0.1, -0.05) is 15.9 Å². The Labute approximate surface area is 135 Å². The van der Waals surface area contributed by atoms with E-state index in [4.69, 9.17) is 4.74 Å². The Balaban J connectivity index is 2.36. The molecule has 1 N–H and O–H groups in total. The van der Waals surface area contributed by atoms with E-state index in [0.717, 1.165) is 24.0 Å². The molecule has 118 valence electrons. The van der Waals surface area contributed by atoms with Gasteiger partial charge in [-0.3, -0.25) is 0 Å². The van der Waals surface area contributed by atoms with Crippen LogP contribution in [-0.4, -0.2) is 52.6 Å². The molecule has 1 aliphatic heterocycles. The SMILES string of the molecule is CCOc1ccc(Br)cc1S(=O)(=O)N1CCC[NH+](C)CC1. The normalized spacial score (nSPS) is 21.0. The number of benzene rings is 1. The maximum atomic E-state index is 12.9. The maximum absolute atomic E-state index is 12.9. The number of nitrogens with zero attached hydrogens (tertiary/aromatic N) is 1. The third-order valence-corrected chi connectivity index (χ3v) is 6.04. The van der Waals surface area contributed by atoms with Crippen LogP contribution in [0.25, 0.3) is 0 Å². The Kier molecular flexibility index (Phi) is 5.65. The maximum Gasteiger partial charge on any atom is 0.247 e. The summed E-state index contributed by atoms with van der Waals surface area (Å²) < 4.78 is 33.6. The number of hydrogen-bond acceptors (Lipinski definition) is 3. The number of rotatable bonds is 4. The molecule has 0 saturated carbocycles. The van der Waals surface area contributed by atoms with Gasteiger partial charge in [0.1, 0.15) is 10.6 Å². The van der Waals surface area contributed by atoms with Crippen molar-refractivity contribution >= 4 is 26.0 Å². The Morgan fingerprint density at radius 2 is 2.10 bits per heavy atom. The number of sulfonamides is 1. The van der Waals surface area contributed by atoms with Crippen LogP contribution in [0.4, 0.5) is 0 Å². The van der Waals surface area contributed by atoms with Gasteiger partial charge in [-0.25, -0.2) is 8.42 Å². The summed E-state index contributed by atoms with van der Waals surface area (Å²) in [4.78, 5) is 1.62. The van der Waals surface area contributed by atoms with E-state index in [9.17, 15) is 8.42 Å². The van der Waals surface area contributed by atoms with Gasteiger partial charge in [0.25, 0.3) is 0 Å². The van der Waals surface area contributed by atoms with Gasteiger partial charge in [-0.2, -0.15) is 4.31 Å². The van der Waals surface area contributed by atoms with E-state index in [-0.39, 0.29) is 4.90 Å². The number of quaternary nitrogens is 1. The van der Waals surface area contributed by atoms with Gasteiger partial charge in [0.05, 0.1) is 33.3 Å². The topological polar surface area (TPSA) is 51.1 Å². The molecule has 5 nitrogen and oxygen atoms in total. The van der Waals surface area contributed by atoms with Gasteiger partial charge in [-0.15, -0.1) is 0 Å². The van der Waals surface area contributed by atoms with Gasteiger partial charge in [-0.05, 0) is 25.1 Å². The summed E-state index contributed by atoms with van der Waals surface area (Å²) in [6, 6.07) is 5.13. The molecule has 0 spiro atoms. The molecule has 0 aliphatic carbocycles. The molecule has 1 heterocycles. The second-order valence-electron chi connectivity index (χ2n) is 5.24. The van der Waals surface area contributed by atoms with E-state index in [2.05, 4.69) is 23.0 Å². The number of nitrogens with one attached hydrogen (secondary N) is 1.